The molecule has 164 valence electrons. The predicted octanol–water partition coefficient (Wildman–Crippen LogP) is 0.203. The first-order valence-electron chi connectivity index (χ1n) is 9.04. The maximum atomic E-state index is 11.5. The quantitative estimate of drug-likeness (QED) is 0.155. The van der Waals surface area contributed by atoms with Gasteiger partial charge < -0.3 is 29.2 Å². The van der Waals surface area contributed by atoms with E-state index < -0.39 is 36.1 Å². The predicted molar refractivity (Wildman–Crippen MR) is 99.3 cm³/mol. The number of hydrogen-bond acceptors (Lipinski definition) is 10. The van der Waals surface area contributed by atoms with E-state index in [1.54, 1.807) is 0 Å². The molecular formula is C19H28O10. The maximum Gasteiger partial charge on any atom is 0.330 e. The van der Waals surface area contributed by atoms with E-state index in [4.69, 9.17) is 9.47 Å². The number of esters is 4. The summed E-state index contributed by atoms with van der Waals surface area (Å²) in [5.41, 5.74) is 0. The number of unbranched alkanes of at least 4 members (excludes halogenated alkanes) is 2. The van der Waals surface area contributed by atoms with Crippen molar-refractivity contribution in [2.24, 2.45) is 0 Å². The third kappa shape index (κ3) is 16.0. The smallest absolute Gasteiger partial charge is 0.330 e. The van der Waals surface area contributed by atoms with Crippen molar-refractivity contribution in [1.82, 2.24) is 0 Å². The average molecular weight is 416 g/mol. The van der Waals surface area contributed by atoms with Gasteiger partial charge in [-0.05, 0) is 12.8 Å². The number of carbonyl (C=O) groups excluding carboxylic acids is 4. The number of rotatable bonds is 16. The summed E-state index contributed by atoms with van der Waals surface area (Å²) in [6.45, 7) is 5.23. The molecule has 0 spiro atoms. The first-order chi connectivity index (χ1) is 13.8. The maximum absolute atomic E-state index is 11.5. The van der Waals surface area contributed by atoms with Gasteiger partial charge in [0.05, 0.1) is 0 Å². The Labute approximate surface area is 169 Å². The van der Waals surface area contributed by atoms with Crippen LogP contribution in [0, 0.1) is 0 Å². The van der Waals surface area contributed by atoms with E-state index >= 15 is 0 Å². The summed E-state index contributed by atoms with van der Waals surface area (Å²) in [5, 5.41) is 19.0. The lowest BCUT2D eigenvalue weighted by atomic mass is 10.1. The van der Waals surface area contributed by atoms with Gasteiger partial charge in [0.15, 0.2) is 0 Å². The Morgan fingerprint density at radius 1 is 0.655 bits per heavy atom. The lowest BCUT2D eigenvalue weighted by Crippen LogP contribution is -2.25. The SMILES string of the molecule is C=CC(=O)OCC(O)COC(=O)CCCCCC(=O)OCC(O)COC(=O)C=C. The van der Waals surface area contributed by atoms with Gasteiger partial charge in [0.25, 0.3) is 0 Å². The summed E-state index contributed by atoms with van der Waals surface area (Å²) in [4.78, 5) is 44.7. The molecule has 0 heterocycles. The zero-order chi connectivity index (χ0) is 22.1. The van der Waals surface area contributed by atoms with Gasteiger partial charge in [0.2, 0.25) is 0 Å². The van der Waals surface area contributed by atoms with Crippen molar-refractivity contribution in [3.05, 3.63) is 25.3 Å². The molecule has 0 saturated heterocycles. The van der Waals surface area contributed by atoms with Crippen LogP contribution in [0.1, 0.15) is 32.1 Å². The van der Waals surface area contributed by atoms with E-state index in [0.29, 0.717) is 19.3 Å². The van der Waals surface area contributed by atoms with E-state index in [2.05, 4.69) is 22.6 Å². The van der Waals surface area contributed by atoms with Crippen molar-refractivity contribution in [2.45, 2.75) is 44.3 Å². The molecular weight excluding hydrogens is 388 g/mol. The molecule has 0 aromatic rings. The number of carbonyl (C=O) groups is 4. The fourth-order valence-corrected chi connectivity index (χ4v) is 1.81. The highest BCUT2D eigenvalue weighted by atomic mass is 16.6. The van der Waals surface area contributed by atoms with Crippen LogP contribution in [0.3, 0.4) is 0 Å². The minimum Gasteiger partial charge on any atom is -0.463 e. The molecule has 29 heavy (non-hydrogen) atoms. The Morgan fingerprint density at radius 2 is 1.00 bits per heavy atom. The normalized spacial score (nSPS) is 12.2. The van der Waals surface area contributed by atoms with Crippen molar-refractivity contribution >= 4 is 23.9 Å². The molecule has 2 unspecified atom stereocenters. The summed E-state index contributed by atoms with van der Waals surface area (Å²) in [7, 11) is 0. The molecule has 0 fully saturated rings. The van der Waals surface area contributed by atoms with Crippen molar-refractivity contribution in [2.75, 3.05) is 26.4 Å². The van der Waals surface area contributed by atoms with Gasteiger partial charge in [0.1, 0.15) is 38.6 Å². The van der Waals surface area contributed by atoms with E-state index in [1.165, 1.54) is 0 Å². The zero-order valence-electron chi connectivity index (χ0n) is 16.2. The Bertz CT molecular complexity index is 509. The Morgan fingerprint density at radius 3 is 1.34 bits per heavy atom. The summed E-state index contributed by atoms with van der Waals surface area (Å²) >= 11 is 0. The summed E-state index contributed by atoms with van der Waals surface area (Å²) in [5.74, 6) is -2.39. The fraction of sp³-hybridized carbons (Fsp3) is 0.579. The highest BCUT2D eigenvalue weighted by Gasteiger charge is 2.12. The van der Waals surface area contributed by atoms with Crippen LogP contribution in [-0.2, 0) is 38.1 Å². The van der Waals surface area contributed by atoms with Crippen molar-refractivity contribution in [1.29, 1.82) is 0 Å². The number of hydrogen-bond donors (Lipinski definition) is 2. The van der Waals surface area contributed by atoms with Gasteiger partial charge in [-0.15, -0.1) is 0 Å². The molecule has 2 N–H and O–H groups in total. The van der Waals surface area contributed by atoms with Crippen molar-refractivity contribution in [3.63, 3.8) is 0 Å². The first kappa shape index (κ1) is 26.3. The van der Waals surface area contributed by atoms with E-state index in [1.807, 2.05) is 0 Å². The second-order valence-electron chi connectivity index (χ2n) is 5.90. The van der Waals surface area contributed by atoms with Gasteiger partial charge in [-0.2, -0.15) is 0 Å². The molecule has 0 aromatic heterocycles. The molecule has 0 bridgehead atoms. The summed E-state index contributed by atoms with van der Waals surface area (Å²) in [6.07, 6.45) is 1.44. The Hall–Kier alpha value is -2.72. The molecule has 10 nitrogen and oxygen atoms in total. The van der Waals surface area contributed by atoms with Gasteiger partial charge in [-0.1, -0.05) is 19.6 Å². The van der Waals surface area contributed by atoms with Crippen LogP contribution in [-0.4, -0.2) is 72.7 Å². The molecule has 0 aliphatic rings. The molecule has 0 radical (unpaired) electrons. The Balaban J connectivity index is 3.66. The Kier molecular flexibility index (Phi) is 14.7. The number of aliphatic hydroxyl groups excluding tert-OH is 2. The minimum absolute atomic E-state index is 0.113. The van der Waals surface area contributed by atoms with Gasteiger partial charge in [-0.25, -0.2) is 9.59 Å². The molecule has 10 heteroatoms. The van der Waals surface area contributed by atoms with E-state index in [9.17, 15) is 29.4 Å². The molecule has 0 saturated carbocycles. The van der Waals surface area contributed by atoms with Gasteiger partial charge in [0, 0.05) is 25.0 Å². The van der Waals surface area contributed by atoms with E-state index in [-0.39, 0.29) is 39.3 Å². The monoisotopic (exact) mass is 416 g/mol. The van der Waals surface area contributed by atoms with Crippen LogP contribution in [0.25, 0.3) is 0 Å². The molecule has 0 aliphatic heterocycles. The lowest BCUT2D eigenvalue weighted by molar-refractivity contribution is -0.151. The van der Waals surface area contributed by atoms with Crippen LogP contribution in [0.2, 0.25) is 0 Å². The van der Waals surface area contributed by atoms with Gasteiger partial charge in [-0.3, -0.25) is 9.59 Å². The molecule has 2 atom stereocenters. The lowest BCUT2D eigenvalue weighted by Gasteiger charge is -2.11. The highest BCUT2D eigenvalue weighted by Crippen LogP contribution is 2.06. The van der Waals surface area contributed by atoms with Crippen LogP contribution >= 0.6 is 0 Å². The fourth-order valence-electron chi connectivity index (χ4n) is 1.81. The van der Waals surface area contributed by atoms with Crippen molar-refractivity contribution < 1.29 is 48.3 Å². The van der Waals surface area contributed by atoms with Gasteiger partial charge >= 0.3 is 23.9 Å². The second-order valence-corrected chi connectivity index (χ2v) is 5.90. The zero-order valence-corrected chi connectivity index (χ0v) is 16.2. The highest BCUT2D eigenvalue weighted by molar-refractivity contribution is 5.81. The topological polar surface area (TPSA) is 146 Å². The van der Waals surface area contributed by atoms with E-state index in [0.717, 1.165) is 12.2 Å². The first-order valence-corrected chi connectivity index (χ1v) is 9.04. The van der Waals surface area contributed by atoms with Crippen LogP contribution in [0.5, 0.6) is 0 Å². The number of aliphatic hydroxyl groups is 2. The molecule has 0 aliphatic carbocycles. The van der Waals surface area contributed by atoms with Crippen LogP contribution in [0.4, 0.5) is 0 Å². The summed E-state index contributed by atoms with van der Waals surface area (Å²) in [6, 6.07) is 0. The van der Waals surface area contributed by atoms with Crippen LogP contribution < -0.4 is 0 Å². The van der Waals surface area contributed by atoms with Crippen LogP contribution in [0.15, 0.2) is 25.3 Å². The largest absolute Gasteiger partial charge is 0.463 e. The third-order valence-electron chi connectivity index (χ3n) is 3.30. The standard InChI is InChI=1S/C19H28O10/c1-3-16(22)26-10-14(20)12-28-18(24)8-6-5-7-9-19(25)29-13-15(21)11-27-17(23)4-2/h3-4,14-15,20-21H,1-2,5-13H2. The average Bonchev–Trinajstić information content (AvgIpc) is 2.72. The minimum atomic E-state index is -1.12. The van der Waals surface area contributed by atoms with Crippen molar-refractivity contribution in [3.8, 4) is 0 Å². The molecule has 0 amide bonds. The molecule has 0 rings (SSSR count). The third-order valence-corrected chi connectivity index (χ3v) is 3.30. The second kappa shape index (κ2) is 16.3. The number of ether oxygens (including phenoxy) is 4. The molecule has 0 aromatic carbocycles. The summed E-state index contributed by atoms with van der Waals surface area (Å²) < 4.78 is 18.9.